The van der Waals surface area contributed by atoms with E-state index in [-0.39, 0.29) is 5.56 Å². The van der Waals surface area contributed by atoms with Crippen LogP contribution in [0.3, 0.4) is 0 Å². The van der Waals surface area contributed by atoms with Gasteiger partial charge in [0.25, 0.3) is 0 Å². The third-order valence-electron chi connectivity index (χ3n) is 2.60. The van der Waals surface area contributed by atoms with E-state index < -0.39 is 18.0 Å². The van der Waals surface area contributed by atoms with Gasteiger partial charge in [-0.3, -0.25) is 0 Å². The smallest absolute Gasteiger partial charge is 0.336 e. The molecule has 0 amide bonds. The molecular weight excluding hydrogens is 222 g/mol. The average Bonchev–Trinajstić information content (AvgIpc) is 2.26. The highest BCUT2D eigenvalue weighted by atomic mass is 16.4. The van der Waals surface area contributed by atoms with E-state index in [2.05, 4.69) is 5.32 Å². The van der Waals surface area contributed by atoms with Crippen LogP contribution in [0, 0.1) is 6.92 Å². The van der Waals surface area contributed by atoms with Crippen molar-refractivity contribution in [2.75, 3.05) is 5.32 Å². The van der Waals surface area contributed by atoms with Crippen molar-refractivity contribution in [3.8, 4) is 0 Å². The number of aliphatic carboxylic acids is 1. The monoisotopic (exact) mass is 237 g/mol. The van der Waals surface area contributed by atoms with E-state index in [4.69, 9.17) is 10.2 Å². The van der Waals surface area contributed by atoms with Crippen molar-refractivity contribution in [1.82, 2.24) is 0 Å². The van der Waals surface area contributed by atoms with Crippen molar-refractivity contribution in [3.63, 3.8) is 0 Å². The Bertz CT molecular complexity index is 442. The molecule has 0 heterocycles. The van der Waals surface area contributed by atoms with E-state index >= 15 is 0 Å². The van der Waals surface area contributed by atoms with Crippen LogP contribution in [0.5, 0.6) is 0 Å². The Morgan fingerprint density at radius 1 is 1.35 bits per heavy atom. The maximum atomic E-state index is 10.9. The second-order valence-corrected chi connectivity index (χ2v) is 3.73. The molecule has 0 aliphatic heterocycles. The van der Waals surface area contributed by atoms with Gasteiger partial charge in [0.2, 0.25) is 0 Å². The number of carboxylic acid groups (broad SMARTS) is 2. The van der Waals surface area contributed by atoms with Gasteiger partial charge in [0.15, 0.2) is 0 Å². The number of hydrogen-bond acceptors (Lipinski definition) is 3. The molecule has 0 saturated heterocycles. The van der Waals surface area contributed by atoms with Gasteiger partial charge in [-0.25, -0.2) is 9.59 Å². The molecule has 1 aromatic rings. The summed E-state index contributed by atoms with van der Waals surface area (Å²) in [6.45, 7) is 3.41. The van der Waals surface area contributed by atoms with Crippen LogP contribution in [-0.2, 0) is 4.79 Å². The first kappa shape index (κ1) is 13.0. The molecular formula is C12H15NO4. The lowest BCUT2D eigenvalue weighted by Gasteiger charge is -2.16. The van der Waals surface area contributed by atoms with E-state index in [1.807, 2.05) is 0 Å². The van der Waals surface area contributed by atoms with Crippen LogP contribution in [0.15, 0.2) is 18.2 Å². The van der Waals surface area contributed by atoms with Gasteiger partial charge in [-0.2, -0.15) is 0 Å². The number of carbonyl (C=O) groups is 2. The van der Waals surface area contributed by atoms with Gasteiger partial charge in [-0.1, -0.05) is 13.0 Å². The fourth-order valence-corrected chi connectivity index (χ4v) is 1.55. The van der Waals surface area contributed by atoms with Crippen LogP contribution < -0.4 is 5.32 Å². The van der Waals surface area contributed by atoms with Crippen LogP contribution in [0.4, 0.5) is 5.69 Å². The van der Waals surface area contributed by atoms with E-state index in [0.717, 1.165) is 0 Å². The van der Waals surface area contributed by atoms with Gasteiger partial charge in [0.1, 0.15) is 6.04 Å². The first-order valence-electron chi connectivity index (χ1n) is 5.29. The topological polar surface area (TPSA) is 86.6 Å². The SMILES string of the molecule is CCC(Nc1cccc(C(=O)O)c1C)C(=O)O. The molecule has 5 heteroatoms. The first-order chi connectivity index (χ1) is 7.97. The maximum absolute atomic E-state index is 10.9. The molecule has 92 valence electrons. The third kappa shape index (κ3) is 2.96. The van der Waals surface area contributed by atoms with E-state index in [9.17, 15) is 9.59 Å². The van der Waals surface area contributed by atoms with Crippen molar-refractivity contribution in [2.45, 2.75) is 26.3 Å². The van der Waals surface area contributed by atoms with Crippen molar-refractivity contribution in [2.24, 2.45) is 0 Å². The second-order valence-electron chi connectivity index (χ2n) is 3.73. The number of anilines is 1. The highest BCUT2D eigenvalue weighted by molar-refractivity contribution is 5.91. The number of rotatable bonds is 5. The highest BCUT2D eigenvalue weighted by Crippen LogP contribution is 2.20. The number of aromatic carboxylic acids is 1. The Balaban J connectivity index is 3.03. The maximum Gasteiger partial charge on any atom is 0.336 e. The van der Waals surface area contributed by atoms with Crippen LogP contribution in [-0.4, -0.2) is 28.2 Å². The van der Waals surface area contributed by atoms with Gasteiger partial charge in [0, 0.05) is 5.69 Å². The number of carboxylic acids is 2. The zero-order chi connectivity index (χ0) is 13.0. The van der Waals surface area contributed by atoms with E-state index in [1.54, 1.807) is 26.0 Å². The Morgan fingerprint density at radius 2 is 2.00 bits per heavy atom. The lowest BCUT2D eigenvalue weighted by atomic mass is 10.1. The molecule has 0 spiro atoms. The van der Waals surface area contributed by atoms with E-state index in [1.165, 1.54) is 6.07 Å². The Kier molecular flexibility index (Phi) is 4.09. The Morgan fingerprint density at radius 3 is 2.47 bits per heavy atom. The summed E-state index contributed by atoms with van der Waals surface area (Å²) in [6, 6.07) is 4.04. The molecule has 1 atom stereocenters. The largest absolute Gasteiger partial charge is 0.480 e. The number of nitrogens with one attached hydrogen (secondary N) is 1. The molecule has 0 fully saturated rings. The van der Waals surface area contributed by atoms with Gasteiger partial charge >= 0.3 is 11.9 Å². The van der Waals surface area contributed by atoms with Gasteiger partial charge < -0.3 is 15.5 Å². The lowest BCUT2D eigenvalue weighted by Crippen LogP contribution is -2.28. The minimum absolute atomic E-state index is 0.176. The fraction of sp³-hybridized carbons (Fsp3) is 0.333. The van der Waals surface area contributed by atoms with Crippen LogP contribution in [0.2, 0.25) is 0 Å². The molecule has 0 aliphatic carbocycles. The van der Waals surface area contributed by atoms with Gasteiger partial charge in [-0.15, -0.1) is 0 Å². The quantitative estimate of drug-likeness (QED) is 0.728. The summed E-state index contributed by atoms with van der Waals surface area (Å²) >= 11 is 0. The summed E-state index contributed by atoms with van der Waals surface area (Å²) in [4.78, 5) is 21.8. The predicted molar refractivity (Wildman–Crippen MR) is 63.5 cm³/mol. The van der Waals surface area contributed by atoms with Crippen molar-refractivity contribution in [3.05, 3.63) is 29.3 Å². The predicted octanol–water partition coefficient (Wildman–Crippen LogP) is 1.97. The molecule has 0 aliphatic rings. The molecule has 1 rings (SSSR count). The number of benzene rings is 1. The molecule has 3 N–H and O–H groups in total. The minimum Gasteiger partial charge on any atom is -0.480 e. The Labute approximate surface area is 99.1 Å². The van der Waals surface area contributed by atoms with Gasteiger partial charge in [-0.05, 0) is 31.0 Å². The molecule has 1 unspecified atom stereocenters. The molecule has 0 aromatic heterocycles. The Hall–Kier alpha value is -2.04. The van der Waals surface area contributed by atoms with E-state index in [0.29, 0.717) is 17.7 Å². The molecule has 1 aromatic carbocycles. The highest BCUT2D eigenvalue weighted by Gasteiger charge is 2.17. The first-order valence-corrected chi connectivity index (χ1v) is 5.29. The minimum atomic E-state index is -1.02. The third-order valence-corrected chi connectivity index (χ3v) is 2.60. The summed E-state index contributed by atoms with van der Waals surface area (Å²) in [5, 5.41) is 20.7. The molecule has 0 radical (unpaired) electrons. The molecule has 17 heavy (non-hydrogen) atoms. The number of hydrogen-bond donors (Lipinski definition) is 3. The summed E-state index contributed by atoms with van der Waals surface area (Å²) in [5.74, 6) is -1.97. The van der Waals surface area contributed by atoms with Gasteiger partial charge in [0.05, 0.1) is 5.56 Å². The summed E-state index contributed by atoms with van der Waals surface area (Å²) in [6.07, 6.45) is 0.423. The van der Waals surface area contributed by atoms with Crippen LogP contribution >= 0.6 is 0 Å². The molecule has 0 bridgehead atoms. The summed E-state index contributed by atoms with van der Waals surface area (Å²) in [5.41, 5.74) is 1.26. The van der Waals surface area contributed by atoms with Crippen LogP contribution in [0.25, 0.3) is 0 Å². The summed E-state index contributed by atoms with van der Waals surface area (Å²) in [7, 11) is 0. The van der Waals surface area contributed by atoms with Crippen molar-refractivity contribution < 1.29 is 19.8 Å². The van der Waals surface area contributed by atoms with Crippen molar-refractivity contribution in [1.29, 1.82) is 0 Å². The standard InChI is InChI=1S/C12H15NO4/c1-3-9(12(16)17)13-10-6-4-5-8(7(10)2)11(14)15/h4-6,9,13H,3H2,1-2H3,(H,14,15)(H,16,17). The lowest BCUT2D eigenvalue weighted by molar-refractivity contribution is -0.137. The molecule has 5 nitrogen and oxygen atoms in total. The average molecular weight is 237 g/mol. The van der Waals surface area contributed by atoms with Crippen LogP contribution in [0.1, 0.15) is 29.3 Å². The zero-order valence-corrected chi connectivity index (χ0v) is 9.73. The fourth-order valence-electron chi connectivity index (χ4n) is 1.55. The summed E-state index contributed by atoms with van der Waals surface area (Å²) < 4.78 is 0. The molecule has 0 saturated carbocycles. The van der Waals surface area contributed by atoms with Crippen molar-refractivity contribution >= 4 is 17.6 Å². The zero-order valence-electron chi connectivity index (χ0n) is 9.73. The second kappa shape index (κ2) is 5.34. The normalized spacial score (nSPS) is 11.9.